The van der Waals surface area contributed by atoms with Crippen molar-refractivity contribution in [3.63, 3.8) is 0 Å². The van der Waals surface area contributed by atoms with Gasteiger partial charge in [-0.25, -0.2) is 4.98 Å². The van der Waals surface area contributed by atoms with E-state index in [2.05, 4.69) is 4.98 Å². The molecule has 1 heterocycles. The highest BCUT2D eigenvalue weighted by Crippen LogP contribution is 2.23. The number of pyridine rings is 1. The molecule has 0 amide bonds. The Morgan fingerprint density at radius 2 is 2.13 bits per heavy atom. The minimum atomic E-state index is 0.591. The van der Waals surface area contributed by atoms with Crippen LogP contribution in [0.2, 0.25) is 0 Å². The molecular formula is C12H12ClNO. The van der Waals surface area contributed by atoms with E-state index in [9.17, 15) is 0 Å². The van der Waals surface area contributed by atoms with Crippen LogP contribution in [0.1, 0.15) is 5.69 Å². The Morgan fingerprint density at radius 3 is 2.87 bits per heavy atom. The highest BCUT2D eigenvalue weighted by atomic mass is 35.5. The summed E-state index contributed by atoms with van der Waals surface area (Å²) in [5, 5.41) is 1.09. The fourth-order valence-electron chi connectivity index (χ4n) is 1.56. The van der Waals surface area contributed by atoms with E-state index in [-0.39, 0.29) is 0 Å². The third-order valence-corrected chi connectivity index (χ3v) is 2.50. The number of ether oxygens (including phenoxy) is 1. The Kier molecular flexibility index (Phi) is 3.07. The van der Waals surface area contributed by atoms with Crippen LogP contribution in [0.15, 0.2) is 30.3 Å². The van der Waals surface area contributed by atoms with Crippen LogP contribution < -0.4 is 4.74 Å². The topological polar surface area (TPSA) is 22.1 Å². The van der Waals surface area contributed by atoms with Crippen molar-refractivity contribution in [2.24, 2.45) is 0 Å². The molecule has 0 fully saturated rings. The number of para-hydroxylation sites is 1. The first-order chi connectivity index (χ1) is 7.35. The van der Waals surface area contributed by atoms with Gasteiger partial charge in [-0.2, -0.15) is 0 Å². The summed E-state index contributed by atoms with van der Waals surface area (Å²) in [6, 6.07) is 9.95. The molecule has 2 nitrogen and oxygen atoms in total. The lowest BCUT2D eigenvalue weighted by molar-refractivity contribution is 0.419. The highest BCUT2D eigenvalue weighted by Gasteiger charge is 2.03. The number of fused-ring (bicyclic) bond motifs is 1. The molecule has 1 aromatic heterocycles. The van der Waals surface area contributed by atoms with Gasteiger partial charge in [-0.3, -0.25) is 0 Å². The molecule has 0 radical (unpaired) electrons. The van der Waals surface area contributed by atoms with Crippen LogP contribution in [-0.2, 0) is 6.42 Å². The van der Waals surface area contributed by atoms with Crippen LogP contribution in [0.5, 0.6) is 5.75 Å². The molecule has 2 rings (SSSR count). The number of rotatable bonds is 3. The molecule has 0 atom stereocenters. The van der Waals surface area contributed by atoms with Gasteiger partial charge in [-0.15, -0.1) is 11.6 Å². The summed E-state index contributed by atoms with van der Waals surface area (Å²) >= 11 is 5.69. The molecule has 0 unspecified atom stereocenters. The van der Waals surface area contributed by atoms with Crippen LogP contribution in [-0.4, -0.2) is 18.0 Å². The second-order valence-corrected chi connectivity index (χ2v) is 3.65. The maximum atomic E-state index is 5.69. The zero-order chi connectivity index (χ0) is 10.7. The lowest BCUT2D eigenvalue weighted by atomic mass is 10.2. The predicted molar refractivity (Wildman–Crippen MR) is 62.7 cm³/mol. The van der Waals surface area contributed by atoms with Gasteiger partial charge < -0.3 is 4.74 Å². The zero-order valence-corrected chi connectivity index (χ0v) is 9.29. The fourth-order valence-corrected chi connectivity index (χ4v) is 1.75. The van der Waals surface area contributed by atoms with Crippen molar-refractivity contribution in [2.75, 3.05) is 13.0 Å². The zero-order valence-electron chi connectivity index (χ0n) is 8.53. The molecule has 78 valence electrons. The number of hydrogen-bond acceptors (Lipinski definition) is 2. The standard InChI is InChI=1S/C12H12ClNO/c1-15-11-4-2-3-9-5-6-10(7-8-13)14-12(9)11/h2-6H,7-8H2,1H3. The summed E-state index contributed by atoms with van der Waals surface area (Å²) in [5.41, 5.74) is 1.91. The first-order valence-corrected chi connectivity index (χ1v) is 5.37. The monoisotopic (exact) mass is 221 g/mol. The van der Waals surface area contributed by atoms with E-state index in [0.717, 1.165) is 28.8 Å². The lowest BCUT2D eigenvalue weighted by Gasteiger charge is -2.05. The van der Waals surface area contributed by atoms with E-state index in [1.54, 1.807) is 7.11 Å². The minimum absolute atomic E-state index is 0.591. The smallest absolute Gasteiger partial charge is 0.145 e. The summed E-state index contributed by atoms with van der Waals surface area (Å²) in [6.45, 7) is 0. The fraction of sp³-hybridized carbons (Fsp3) is 0.250. The molecule has 0 spiro atoms. The molecule has 0 aliphatic carbocycles. The number of benzene rings is 1. The Labute approximate surface area is 93.8 Å². The molecule has 0 bridgehead atoms. The second kappa shape index (κ2) is 4.49. The lowest BCUT2D eigenvalue weighted by Crippen LogP contribution is -1.93. The van der Waals surface area contributed by atoms with Gasteiger partial charge in [0, 0.05) is 23.4 Å². The van der Waals surface area contributed by atoms with Gasteiger partial charge >= 0.3 is 0 Å². The Bertz CT molecular complexity index is 470. The quantitative estimate of drug-likeness (QED) is 0.744. The summed E-state index contributed by atoms with van der Waals surface area (Å²) in [6.07, 6.45) is 0.787. The van der Waals surface area contributed by atoms with Crippen molar-refractivity contribution in [3.8, 4) is 5.75 Å². The number of aromatic nitrogens is 1. The molecule has 3 heteroatoms. The van der Waals surface area contributed by atoms with E-state index in [4.69, 9.17) is 16.3 Å². The van der Waals surface area contributed by atoms with Gasteiger partial charge in [0.2, 0.25) is 0 Å². The number of nitrogens with zero attached hydrogens (tertiary/aromatic N) is 1. The average Bonchev–Trinajstić information content (AvgIpc) is 2.28. The van der Waals surface area contributed by atoms with Gasteiger partial charge in [0.25, 0.3) is 0 Å². The first-order valence-electron chi connectivity index (χ1n) is 4.84. The maximum Gasteiger partial charge on any atom is 0.145 e. The van der Waals surface area contributed by atoms with Gasteiger partial charge in [-0.1, -0.05) is 18.2 Å². The SMILES string of the molecule is COc1cccc2ccc(CCCl)nc12. The molecule has 0 N–H and O–H groups in total. The van der Waals surface area contributed by atoms with Crippen molar-refractivity contribution < 1.29 is 4.74 Å². The van der Waals surface area contributed by atoms with E-state index in [1.807, 2.05) is 30.3 Å². The van der Waals surface area contributed by atoms with E-state index < -0.39 is 0 Å². The van der Waals surface area contributed by atoms with Crippen LogP contribution in [0.4, 0.5) is 0 Å². The largest absolute Gasteiger partial charge is 0.494 e. The van der Waals surface area contributed by atoms with Crippen LogP contribution in [0.25, 0.3) is 10.9 Å². The third-order valence-electron chi connectivity index (χ3n) is 2.31. The van der Waals surface area contributed by atoms with Gasteiger partial charge in [-0.05, 0) is 12.1 Å². The number of methoxy groups -OCH3 is 1. The Balaban J connectivity index is 2.57. The highest BCUT2D eigenvalue weighted by molar-refractivity contribution is 6.17. The third kappa shape index (κ3) is 2.05. The van der Waals surface area contributed by atoms with Crippen molar-refractivity contribution in [3.05, 3.63) is 36.0 Å². The molecule has 0 saturated heterocycles. The predicted octanol–water partition coefficient (Wildman–Crippen LogP) is 3.02. The summed E-state index contributed by atoms with van der Waals surface area (Å²) in [4.78, 5) is 4.53. The summed E-state index contributed by atoms with van der Waals surface area (Å²) in [5.74, 6) is 1.40. The Morgan fingerprint density at radius 1 is 1.27 bits per heavy atom. The average molecular weight is 222 g/mol. The van der Waals surface area contributed by atoms with E-state index in [1.165, 1.54) is 0 Å². The molecular weight excluding hydrogens is 210 g/mol. The molecule has 0 aliphatic rings. The maximum absolute atomic E-state index is 5.69. The van der Waals surface area contributed by atoms with Crippen molar-refractivity contribution in [2.45, 2.75) is 6.42 Å². The number of aryl methyl sites for hydroxylation is 1. The van der Waals surface area contributed by atoms with E-state index >= 15 is 0 Å². The molecule has 0 saturated carbocycles. The van der Waals surface area contributed by atoms with Crippen molar-refractivity contribution in [1.82, 2.24) is 4.98 Å². The Hall–Kier alpha value is -1.28. The van der Waals surface area contributed by atoms with E-state index in [0.29, 0.717) is 5.88 Å². The van der Waals surface area contributed by atoms with Gasteiger partial charge in [0.05, 0.1) is 7.11 Å². The van der Waals surface area contributed by atoms with Crippen molar-refractivity contribution in [1.29, 1.82) is 0 Å². The summed E-state index contributed by atoms with van der Waals surface area (Å²) < 4.78 is 5.27. The molecule has 0 aliphatic heterocycles. The second-order valence-electron chi connectivity index (χ2n) is 3.27. The summed E-state index contributed by atoms with van der Waals surface area (Å²) in [7, 11) is 1.66. The van der Waals surface area contributed by atoms with Crippen LogP contribution in [0, 0.1) is 0 Å². The van der Waals surface area contributed by atoms with Crippen LogP contribution >= 0.6 is 11.6 Å². The number of hydrogen-bond donors (Lipinski definition) is 0. The van der Waals surface area contributed by atoms with Crippen LogP contribution in [0.3, 0.4) is 0 Å². The molecule has 15 heavy (non-hydrogen) atoms. The van der Waals surface area contributed by atoms with Crippen molar-refractivity contribution >= 4 is 22.5 Å². The molecule has 1 aromatic carbocycles. The molecule has 2 aromatic rings. The normalized spacial score (nSPS) is 10.5. The van der Waals surface area contributed by atoms with Gasteiger partial charge in [0.15, 0.2) is 0 Å². The number of halogens is 1. The number of alkyl halides is 1. The van der Waals surface area contributed by atoms with Gasteiger partial charge in [0.1, 0.15) is 11.3 Å². The minimum Gasteiger partial charge on any atom is -0.494 e. The first kappa shape index (κ1) is 10.2.